The number of nitrogens with one attached hydrogen (secondary N) is 1. The summed E-state index contributed by atoms with van der Waals surface area (Å²) < 4.78 is 6.09. The van der Waals surface area contributed by atoms with Crippen molar-refractivity contribution in [1.29, 1.82) is 0 Å². The van der Waals surface area contributed by atoms with Crippen molar-refractivity contribution in [2.24, 2.45) is 0 Å². The summed E-state index contributed by atoms with van der Waals surface area (Å²) in [7, 11) is 0. The molecule has 0 bridgehead atoms. The van der Waals surface area contributed by atoms with Crippen LogP contribution >= 0.6 is 27.3 Å². The molecule has 2 aromatic heterocycles. The van der Waals surface area contributed by atoms with Crippen LogP contribution in [-0.4, -0.2) is 27.0 Å². The average molecular weight is 433 g/mol. The van der Waals surface area contributed by atoms with Crippen molar-refractivity contribution >= 4 is 39.2 Å². The molecule has 0 aliphatic carbocycles. The van der Waals surface area contributed by atoms with Gasteiger partial charge in [-0.1, -0.05) is 33.2 Å². The number of nitrogens with zero attached hydrogens (tertiary/aromatic N) is 3. The topological polar surface area (TPSA) is 88.3 Å². The summed E-state index contributed by atoms with van der Waals surface area (Å²) in [6, 6.07) is 8.63. The van der Waals surface area contributed by atoms with E-state index in [1.165, 1.54) is 11.3 Å². The third kappa shape index (κ3) is 2.82. The lowest BCUT2D eigenvalue weighted by Gasteiger charge is -2.22. The van der Waals surface area contributed by atoms with Crippen molar-refractivity contribution in [2.75, 3.05) is 0 Å². The van der Waals surface area contributed by atoms with Crippen LogP contribution in [0, 0.1) is 0 Å². The Kier molecular flexibility index (Phi) is 4.12. The maximum Gasteiger partial charge on any atom is 0.325 e. The summed E-state index contributed by atoms with van der Waals surface area (Å²) >= 11 is 4.89. The molecule has 0 saturated carbocycles. The Bertz CT molecular complexity index is 970. The number of carbonyl (C=O) groups excluding carboxylic acids is 2. The maximum atomic E-state index is 12.9. The molecule has 9 heteroatoms. The fraction of sp³-hybridized carbons (Fsp3) is 0.176. The van der Waals surface area contributed by atoms with Crippen LogP contribution in [0.4, 0.5) is 4.79 Å². The molecule has 3 heterocycles. The van der Waals surface area contributed by atoms with Crippen LogP contribution in [0.3, 0.4) is 0 Å². The van der Waals surface area contributed by atoms with Gasteiger partial charge in [0, 0.05) is 15.4 Å². The van der Waals surface area contributed by atoms with Crippen molar-refractivity contribution < 1.29 is 14.1 Å². The highest BCUT2D eigenvalue weighted by Crippen LogP contribution is 2.30. The number of imide groups is 1. The van der Waals surface area contributed by atoms with E-state index in [1.807, 2.05) is 29.0 Å². The van der Waals surface area contributed by atoms with Gasteiger partial charge in [-0.25, -0.2) is 4.79 Å². The zero-order valence-electron chi connectivity index (χ0n) is 13.6. The fourth-order valence-corrected chi connectivity index (χ4v) is 3.68. The molecule has 26 heavy (non-hydrogen) atoms. The lowest BCUT2D eigenvalue weighted by Crippen LogP contribution is -2.40. The Morgan fingerprint density at radius 2 is 2.04 bits per heavy atom. The van der Waals surface area contributed by atoms with E-state index >= 15 is 0 Å². The molecule has 7 nitrogen and oxygen atoms in total. The lowest BCUT2D eigenvalue weighted by molar-refractivity contribution is -0.131. The largest absolute Gasteiger partial charge is 0.337 e. The van der Waals surface area contributed by atoms with Crippen LogP contribution in [0.1, 0.15) is 18.4 Å². The minimum atomic E-state index is -1.13. The number of carbonyl (C=O) groups is 2. The van der Waals surface area contributed by atoms with Gasteiger partial charge in [-0.2, -0.15) is 16.3 Å². The molecule has 1 fully saturated rings. The molecule has 132 valence electrons. The van der Waals surface area contributed by atoms with Gasteiger partial charge >= 0.3 is 6.03 Å². The highest BCUT2D eigenvalue weighted by molar-refractivity contribution is 9.10. The number of hydrogen-bond acceptors (Lipinski definition) is 6. The quantitative estimate of drug-likeness (QED) is 0.636. The Hall–Kier alpha value is -2.52. The first-order valence-corrected chi connectivity index (χ1v) is 9.46. The highest BCUT2D eigenvalue weighted by Gasteiger charge is 2.49. The average Bonchev–Trinajstić information content (AvgIpc) is 3.34. The number of hydrogen-bond donors (Lipinski definition) is 1. The van der Waals surface area contributed by atoms with Gasteiger partial charge in [0.1, 0.15) is 12.1 Å². The van der Waals surface area contributed by atoms with Crippen molar-refractivity contribution in [3.8, 4) is 11.4 Å². The summed E-state index contributed by atoms with van der Waals surface area (Å²) in [5.41, 5.74) is 0.404. The van der Waals surface area contributed by atoms with Crippen molar-refractivity contribution in [1.82, 2.24) is 20.4 Å². The molecule has 1 saturated heterocycles. The SMILES string of the molecule is CC1(c2ccc(Br)cc2)NC(=O)N(Cc2nc(-c3ccsc3)no2)C1=O. The number of halogens is 1. The summed E-state index contributed by atoms with van der Waals surface area (Å²) in [4.78, 5) is 30.6. The first-order valence-electron chi connectivity index (χ1n) is 7.73. The fourth-order valence-electron chi connectivity index (χ4n) is 2.78. The van der Waals surface area contributed by atoms with Gasteiger partial charge in [0.05, 0.1) is 0 Å². The van der Waals surface area contributed by atoms with Crippen molar-refractivity contribution in [3.05, 3.63) is 57.0 Å². The molecule has 3 amide bonds. The molecule has 1 unspecified atom stereocenters. The maximum absolute atomic E-state index is 12.9. The molecule has 1 N–H and O–H groups in total. The molecule has 0 radical (unpaired) electrons. The Morgan fingerprint density at radius 3 is 2.73 bits per heavy atom. The van der Waals surface area contributed by atoms with Gasteiger partial charge in [-0.15, -0.1) is 0 Å². The molecular formula is C17H13BrN4O3S. The van der Waals surface area contributed by atoms with Gasteiger partial charge in [0.2, 0.25) is 11.7 Å². The van der Waals surface area contributed by atoms with Gasteiger partial charge in [0.15, 0.2) is 0 Å². The molecule has 0 spiro atoms. The number of aromatic nitrogens is 2. The molecule has 1 aliphatic heterocycles. The first kappa shape index (κ1) is 16.9. The summed E-state index contributed by atoms with van der Waals surface area (Å²) in [5, 5.41) is 10.5. The van der Waals surface area contributed by atoms with Crippen LogP contribution in [0.25, 0.3) is 11.4 Å². The first-order chi connectivity index (χ1) is 12.5. The van der Waals surface area contributed by atoms with E-state index in [9.17, 15) is 9.59 Å². The zero-order valence-corrected chi connectivity index (χ0v) is 16.0. The Balaban J connectivity index is 1.57. The van der Waals surface area contributed by atoms with Crippen LogP contribution < -0.4 is 5.32 Å². The zero-order chi connectivity index (χ0) is 18.3. The molecule has 1 aromatic carbocycles. The highest BCUT2D eigenvalue weighted by atomic mass is 79.9. The van der Waals surface area contributed by atoms with E-state index in [4.69, 9.17) is 4.52 Å². The van der Waals surface area contributed by atoms with Crippen molar-refractivity contribution in [3.63, 3.8) is 0 Å². The number of amides is 3. The third-order valence-electron chi connectivity index (χ3n) is 4.24. The number of thiophene rings is 1. The van der Waals surface area contributed by atoms with E-state index in [1.54, 1.807) is 19.1 Å². The van der Waals surface area contributed by atoms with Gasteiger partial charge < -0.3 is 9.84 Å². The standard InChI is InChI=1S/C17H13BrN4O3S/c1-17(11-2-4-12(18)5-3-11)15(23)22(16(24)20-17)8-13-19-14(21-25-13)10-6-7-26-9-10/h2-7,9H,8H2,1H3,(H,20,24). The second kappa shape index (κ2) is 6.33. The summed E-state index contributed by atoms with van der Waals surface area (Å²) in [6.45, 7) is 1.61. The predicted molar refractivity (Wildman–Crippen MR) is 98.2 cm³/mol. The van der Waals surface area contributed by atoms with Crippen LogP contribution in [0.5, 0.6) is 0 Å². The summed E-state index contributed by atoms with van der Waals surface area (Å²) in [6.07, 6.45) is 0. The molecule has 3 aromatic rings. The van der Waals surface area contributed by atoms with Crippen LogP contribution in [0.15, 0.2) is 50.1 Å². The number of benzene rings is 1. The van der Waals surface area contributed by atoms with E-state index in [2.05, 4.69) is 31.4 Å². The van der Waals surface area contributed by atoms with Crippen molar-refractivity contribution in [2.45, 2.75) is 19.0 Å². The van der Waals surface area contributed by atoms with Crippen LogP contribution in [-0.2, 0) is 16.9 Å². The third-order valence-corrected chi connectivity index (χ3v) is 5.45. The lowest BCUT2D eigenvalue weighted by atomic mass is 9.92. The van der Waals surface area contributed by atoms with Gasteiger partial charge in [-0.05, 0) is 36.1 Å². The molecular weight excluding hydrogens is 420 g/mol. The Labute approximate surface area is 161 Å². The molecule has 1 atom stereocenters. The number of rotatable bonds is 4. The van der Waals surface area contributed by atoms with E-state index < -0.39 is 11.6 Å². The van der Waals surface area contributed by atoms with E-state index in [0.717, 1.165) is 14.9 Å². The van der Waals surface area contributed by atoms with E-state index in [0.29, 0.717) is 11.4 Å². The molecule has 1 aliphatic rings. The minimum absolute atomic E-state index is 0.0755. The van der Waals surface area contributed by atoms with E-state index in [-0.39, 0.29) is 18.3 Å². The second-order valence-electron chi connectivity index (χ2n) is 5.98. The smallest absolute Gasteiger partial charge is 0.325 e. The van der Waals surface area contributed by atoms with Gasteiger partial charge in [-0.3, -0.25) is 9.69 Å². The van der Waals surface area contributed by atoms with Crippen LogP contribution in [0.2, 0.25) is 0 Å². The summed E-state index contributed by atoms with van der Waals surface area (Å²) in [5.74, 6) is 0.277. The molecule has 4 rings (SSSR count). The second-order valence-corrected chi connectivity index (χ2v) is 7.67. The number of urea groups is 1. The van der Waals surface area contributed by atoms with Gasteiger partial charge in [0.25, 0.3) is 5.91 Å². The normalized spacial score (nSPS) is 19.8. The monoisotopic (exact) mass is 432 g/mol. The Morgan fingerprint density at radius 1 is 1.27 bits per heavy atom. The minimum Gasteiger partial charge on any atom is -0.337 e. The predicted octanol–water partition coefficient (Wildman–Crippen LogP) is 3.53.